The first-order valence-electron chi connectivity index (χ1n) is 4.83. The summed E-state index contributed by atoms with van der Waals surface area (Å²) in [4.78, 5) is -0.00699. The van der Waals surface area contributed by atoms with Crippen molar-refractivity contribution in [2.75, 3.05) is 20.2 Å². The molecular weight excluding hydrogens is 242 g/mol. The van der Waals surface area contributed by atoms with Gasteiger partial charge in [-0.15, -0.1) is 0 Å². The van der Waals surface area contributed by atoms with E-state index in [-0.39, 0.29) is 23.7 Å². The summed E-state index contributed by atoms with van der Waals surface area (Å²) in [5, 5.41) is 8.71. The SMILES string of the molecule is COc1cc(C#N)ccc1S(=O)(=O)NCCN. The molecule has 1 rings (SSSR count). The minimum Gasteiger partial charge on any atom is -0.495 e. The molecule has 0 aromatic heterocycles. The van der Waals surface area contributed by atoms with Gasteiger partial charge in [0.25, 0.3) is 0 Å². The summed E-state index contributed by atoms with van der Waals surface area (Å²) < 4.78 is 31.0. The molecule has 0 saturated heterocycles. The van der Waals surface area contributed by atoms with Gasteiger partial charge in [-0.1, -0.05) is 0 Å². The van der Waals surface area contributed by atoms with Gasteiger partial charge < -0.3 is 10.5 Å². The van der Waals surface area contributed by atoms with Crippen molar-refractivity contribution >= 4 is 10.0 Å². The Balaban J connectivity index is 3.18. The van der Waals surface area contributed by atoms with Crippen LogP contribution in [0.15, 0.2) is 23.1 Å². The fourth-order valence-corrected chi connectivity index (χ4v) is 2.43. The van der Waals surface area contributed by atoms with E-state index in [9.17, 15) is 8.42 Å². The van der Waals surface area contributed by atoms with E-state index in [4.69, 9.17) is 15.7 Å². The van der Waals surface area contributed by atoms with Gasteiger partial charge in [0.15, 0.2) is 0 Å². The smallest absolute Gasteiger partial charge is 0.244 e. The Kier molecular flexibility index (Phi) is 4.45. The van der Waals surface area contributed by atoms with Crippen molar-refractivity contribution in [3.63, 3.8) is 0 Å². The van der Waals surface area contributed by atoms with E-state index in [1.807, 2.05) is 6.07 Å². The number of rotatable bonds is 5. The highest BCUT2D eigenvalue weighted by atomic mass is 32.2. The Morgan fingerprint density at radius 2 is 2.24 bits per heavy atom. The molecule has 0 saturated carbocycles. The Labute approximate surface area is 100 Å². The largest absolute Gasteiger partial charge is 0.495 e. The highest BCUT2D eigenvalue weighted by Crippen LogP contribution is 2.24. The Hall–Kier alpha value is -1.62. The van der Waals surface area contributed by atoms with Crippen LogP contribution >= 0.6 is 0 Å². The summed E-state index contributed by atoms with van der Waals surface area (Å²) in [6.45, 7) is 0.351. The lowest BCUT2D eigenvalue weighted by Gasteiger charge is -2.10. The van der Waals surface area contributed by atoms with Crippen LogP contribution in [0.3, 0.4) is 0 Å². The monoisotopic (exact) mass is 255 g/mol. The fourth-order valence-electron chi connectivity index (χ4n) is 1.23. The maximum atomic E-state index is 11.8. The maximum Gasteiger partial charge on any atom is 0.244 e. The molecule has 3 N–H and O–H groups in total. The third-order valence-corrected chi connectivity index (χ3v) is 3.52. The molecule has 17 heavy (non-hydrogen) atoms. The zero-order valence-corrected chi connectivity index (χ0v) is 10.1. The third-order valence-electron chi connectivity index (χ3n) is 2.02. The van der Waals surface area contributed by atoms with Gasteiger partial charge in [-0.3, -0.25) is 0 Å². The molecule has 0 atom stereocenters. The Morgan fingerprint density at radius 1 is 1.53 bits per heavy atom. The highest BCUT2D eigenvalue weighted by molar-refractivity contribution is 7.89. The van der Waals surface area contributed by atoms with E-state index in [0.29, 0.717) is 5.56 Å². The average molecular weight is 255 g/mol. The standard InChI is InChI=1S/C10H13N3O3S/c1-16-9-6-8(7-12)2-3-10(9)17(14,15)13-5-4-11/h2-3,6,13H,4-5,11H2,1H3. The van der Waals surface area contributed by atoms with Crippen molar-refractivity contribution in [3.05, 3.63) is 23.8 Å². The van der Waals surface area contributed by atoms with E-state index in [1.165, 1.54) is 25.3 Å². The molecule has 0 aliphatic rings. The second-order valence-electron chi connectivity index (χ2n) is 3.16. The molecule has 0 bridgehead atoms. The lowest BCUT2D eigenvalue weighted by Crippen LogP contribution is -2.29. The predicted molar refractivity (Wildman–Crippen MR) is 62.0 cm³/mol. The first kappa shape index (κ1) is 13.4. The summed E-state index contributed by atoms with van der Waals surface area (Å²) in [5.41, 5.74) is 5.56. The zero-order valence-electron chi connectivity index (χ0n) is 9.30. The normalized spacial score (nSPS) is 10.9. The van der Waals surface area contributed by atoms with Crippen LogP contribution in [0.2, 0.25) is 0 Å². The van der Waals surface area contributed by atoms with Crippen molar-refractivity contribution < 1.29 is 13.2 Å². The molecule has 92 valence electrons. The minimum atomic E-state index is -3.65. The highest BCUT2D eigenvalue weighted by Gasteiger charge is 2.18. The Morgan fingerprint density at radius 3 is 2.76 bits per heavy atom. The number of nitrogens with one attached hydrogen (secondary N) is 1. The number of ether oxygens (including phenoxy) is 1. The van der Waals surface area contributed by atoms with Gasteiger partial charge in [-0.25, -0.2) is 13.1 Å². The molecular formula is C10H13N3O3S. The molecule has 1 aromatic carbocycles. The molecule has 0 spiro atoms. The molecule has 0 amide bonds. The summed E-state index contributed by atoms with van der Waals surface area (Å²) in [7, 11) is -2.31. The molecule has 6 nitrogen and oxygen atoms in total. The van der Waals surface area contributed by atoms with Crippen molar-refractivity contribution in [2.45, 2.75) is 4.90 Å². The molecule has 7 heteroatoms. The molecule has 0 aliphatic heterocycles. The number of benzene rings is 1. The number of nitrogens with two attached hydrogens (primary N) is 1. The minimum absolute atomic E-state index is 0.00699. The number of hydrogen-bond acceptors (Lipinski definition) is 5. The van der Waals surface area contributed by atoms with E-state index in [2.05, 4.69) is 4.72 Å². The van der Waals surface area contributed by atoms with Gasteiger partial charge in [0.2, 0.25) is 10.0 Å². The van der Waals surface area contributed by atoms with Crippen LogP contribution in [0.4, 0.5) is 0 Å². The average Bonchev–Trinajstić information content (AvgIpc) is 2.35. The molecule has 0 aliphatic carbocycles. The van der Waals surface area contributed by atoms with E-state index < -0.39 is 10.0 Å². The van der Waals surface area contributed by atoms with Crippen molar-refractivity contribution in [3.8, 4) is 11.8 Å². The summed E-state index contributed by atoms with van der Waals surface area (Å²) in [5.74, 6) is 0.133. The number of hydrogen-bond donors (Lipinski definition) is 2. The number of methoxy groups -OCH3 is 1. The number of sulfonamides is 1. The molecule has 1 aromatic rings. The van der Waals surface area contributed by atoms with E-state index in [1.54, 1.807) is 0 Å². The molecule has 0 heterocycles. The quantitative estimate of drug-likeness (QED) is 0.758. The summed E-state index contributed by atoms with van der Waals surface area (Å²) >= 11 is 0. The second-order valence-corrected chi connectivity index (χ2v) is 4.90. The summed E-state index contributed by atoms with van der Waals surface area (Å²) in [6, 6.07) is 6.03. The van der Waals surface area contributed by atoms with Gasteiger partial charge in [0.05, 0.1) is 18.7 Å². The van der Waals surface area contributed by atoms with Crippen LogP contribution in [0, 0.1) is 11.3 Å². The molecule has 0 unspecified atom stereocenters. The van der Waals surface area contributed by atoms with Crippen molar-refractivity contribution in [1.29, 1.82) is 5.26 Å². The number of nitrogens with zero attached hydrogens (tertiary/aromatic N) is 1. The maximum absolute atomic E-state index is 11.8. The molecule has 0 radical (unpaired) electrons. The third kappa shape index (κ3) is 3.17. The first-order valence-corrected chi connectivity index (χ1v) is 6.31. The van der Waals surface area contributed by atoms with Gasteiger partial charge >= 0.3 is 0 Å². The van der Waals surface area contributed by atoms with Crippen LogP contribution in [0.5, 0.6) is 5.75 Å². The lowest BCUT2D eigenvalue weighted by molar-refractivity contribution is 0.402. The fraction of sp³-hybridized carbons (Fsp3) is 0.300. The molecule has 0 fully saturated rings. The van der Waals surface area contributed by atoms with Crippen molar-refractivity contribution in [2.24, 2.45) is 5.73 Å². The van der Waals surface area contributed by atoms with Crippen LogP contribution in [-0.2, 0) is 10.0 Å². The van der Waals surface area contributed by atoms with Crippen LogP contribution in [0.1, 0.15) is 5.56 Å². The van der Waals surface area contributed by atoms with Gasteiger partial charge in [-0.05, 0) is 18.2 Å². The summed E-state index contributed by atoms with van der Waals surface area (Å²) in [6.07, 6.45) is 0. The van der Waals surface area contributed by atoms with Crippen LogP contribution in [0.25, 0.3) is 0 Å². The lowest BCUT2D eigenvalue weighted by atomic mass is 10.2. The topological polar surface area (TPSA) is 105 Å². The second kappa shape index (κ2) is 5.63. The van der Waals surface area contributed by atoms with Crippen LogP contribution in [-0.4, -0.2) is 28.6 Å². The van der Waals surface area contributed by atoms with E-state index >= 15 is 0 Å². The van der Waals surface area contributed by atoms with E-state index in [0.717, 1.165) is 0 Å². The predicted octanol–water partition coefficient (Wildman–Crippen LogP) is -0.196. The van der Waals surface area contributed by atoms with Gasteiger partial charge in [0, 0.05) is 13.1 Å². The Bertz CT molecular complexity index is 534. The first-order chi connectivity index (χ1) is 8.05. The van der Waals surface area contributed by atoms with Crippen LogP contribution < -0.4 is 15.2 Å². The van der Waals surface area contributed by atoms with Gasteiger partial charge in [0.1, 0.15) is 10.6 Å². The zero-order chi connectivity index (χ0) is 12.9. The van der Waals surface area contributed by atoms with Gasteiger partial charge in [-0.2, -0.15) is 5.26 Å². The number of nitriles is 1. The van der Waals surface area contributed by atoms with Crippen molar-refractivity contribution in [1.82, 2.24) is 4.72 Å².